The van der Waals surface area contributed by atoms with E-state index in [4.69, 9.17) is 22.0 Å². The van der Waals surface area contributed by atoms with E-state index in [0.717, 1.165) is 0 Å². The Morgan fingerprint density at radius 1 is 1.65 bits per heavy atom. The predicted octanol–water partition coefficient (Wildman–Crippen LogP) is 2.37. The molecule has 17 heavy (non-hydrogen) atoms. The highest BCUT2D eigenvalue weighted by Gasteiger charge is 2.15. The van der Waals surface area contributed by atoms with Gasteiger partial charge in [0.1, 0.15) is 6.07 Å². The molecule has 0 amide bonds. The molecule has 1 aromatic rings. The van der Waals surface area contributed by atoms with Crippen LogP contribution in [-0.4, -0.2) is 24.7 Å². The van der Waals surface area contributed by atoms with E-state index in [9.17, 15) is 4.79 Å². The summed E-state index contributed by atoms with van der Waals surface area (Å²) < 4.78 is 0. The van der Waals surface area contributed by atoms with Gasteiger partial charge in [0.2, 0.25) is 0 Å². The molecule has 1 N–H and O–H groups in total. The molecule has 0 aliphatic rings. The standard InChI is InChI=1S/C12H13ClN2O2/c1-8(12(16)17)7-15(2)11-4-3-10(13)5-9(11)6-14/h3-5,8H,7H2,1-2H3,(H,16,17)/t8-/m1/s1. The molecular weight excluding hydrogens is 240 g/mol. The minimum atomic E-state index is -0.857. The number of anilines is 1. The smallest absolute Gasteiger partial charge is 0.308 e. The van der Waals surface area contributed by atoms with Crippen LogP contribution < -0.4 is 4.90 Å². The van der Waals surface area contributed by atoms with Crippen molar-refractivity contribution in [3.63, 3.8) is 0 Å². The van der Waals surface area contributed by atoms with Crippen LogP contribution in [0.4, 0.5) is 5.69 Å². The number of aliphatic carboxylic acids is 1. The average Bonchev–Trinajstić information content (AvgIpc) is 2.28. The molecule has 0 radical (unpaired) electrons. The molecule has 0 bridgehead atoms. The molecule has 1 atom stereocenters. The second-order valence-corrected chi connectivity index (χ2v) is 4.33. The molecule has 1 aromatic carbocycles. The fourth-order valence-electron chi connectivity index (χ4n) is 1.52. The number of hydrogen-bond acceptors (Lipinski definition) is 3. The summed E-state index contributed by atoms with van der Waals surface area (Å²) in [5.41, 5.74) is 1.13. The summed E-state index contributed by atoms with van der Waals surface area (Å²) in [4.78, 5) is 12.5. The van der Waals surface area contributed by atoms with E-state index in [1.165, 1.54) is 0 Å². The van der Waals surface area contributed by atoms with E-state index in [-0.39, 0.29) is 0 Å². The third kappa shape index (κ3) is 3.36. The molecule has 0 aliphatic heterocycles. The molecule has 90 valence electrons. The third-order valence-electron chi connectivity index (χ3n) is 2.46. The molecule has 0 aliphatic carbocycles. The topological polar surface area (TPSA) is 64.3 Å². The van der Waals surface area contributed by atoms with Crippen molar-refractivity contribution >= 4 is 23.3 Å². The van der Waals surface area contributed by atoms with Gasteiger partial charge in [0.05, 0.1) is 17.2 Å². The van der Waals surface area contributed by atoms with Gasteiger partial charge in [-0.2, -0.15) is 5.26 Å². The summed E-state index contributed by atoms with van der Waals surface area (Å²) in [5.74, 6) is -1.36. The van der Waals surface area contributed by atoms with E-state index < -0.39 is 11.9 Å². The van der Waals surface area contributed by atoms with Gasteiger partial charge in [-0.15, -0.1) is 0 Å². The molecule has 1 rings (SSSR count). The van der Waals surface area contributed by atoms with Crippen molar-refractivity contribution in [2.75, 3.05) is 18.5 Å². The summed E-state index contributed by atoms with van der Waals surface area (Å²) in [6.07, 6.45) is 0. The predicted molar refractivity (Wildman–Crippen MR) is 66.2 cm³/mol. The van der Waals surface area contributed by atoms with Crippen LogP contribution in [0.5, 0.6) is 0 Å². The van der Waals surface area contributed by atoms with Crippen molar-refractivity contribution in [2.45, 2.75) is 6.92 Å². The Labute approximate surface area is 105 Å². The van der Waals surface area contributed by atoms with Crippen LogP contribution >= 0.6 is 11.6 Å². The Morgan fingerprint density at radius 2 is 2.29 bits per heavy atom. The Kier molecular flexibility index (Phi) is 4.36. The van der Waals surface area contributed by atoms with Crippen molar-refractivity contribution in [3.8, 4) is 6.07 Å². The van der Waals surface area contributed by atoms with Crippen molar-refractivity contribution < 1.29 is 9.90 Å². The maximum atomic E-state index is 10.8. The van der Waals surface area contributed by atoms with Gasteiger partial charge in [0.15, 0.2) is 0 Å². The molecule has 0 saturated carbocycles. The van der Waals surface area contributed by atoms with Crippen LogP contribution in [0.25, 0.3) is 0 Å². The zero-order chi connectivity index (χ0) is 13.0. The Morgan fingerprint density at radius 3 is 2.82 bits per heavy atom. The molecule has 5 heteroatoms. The minimum Gasteiger partial charge on any atom is -0.481 e. The zero-order valence-corrected chi connectivity index (χ0v) is 10.4. The fourth-order valence-corrected chi connectivity index (χ4v) is 1.69. The summed E-state index contributed by atoms with van der Waals surface area (Å²) in [6, 6.07) is 7.01. The molecular formula is C12H13ClN2O2. The van der Waals surface area contributed by atoms with Gasteiger partial charge in [0, 0.05) is 18.6 Å². The molecule has 0 aromatic heterocycles. The SMILES string of the molecule is C[C@H](CN(C)c1ccc(Cl)cc1C#N)C(=O)O. The van der Waals surface area contributed by atoms with Gasteiger partial charge in [0.25, 0.3) is 0 Å². The van der Waals surface area contributed by atoms with Gasteiger partial charge >= 0.3 is 5.97 Å². The van der Waals surface area contributed by atoms with Crippen LogP contribution in [0.3, 0.4) is 0 Å². The molecule has 0 saturated heterocycles. The van der Waals surface area contributed by atoms with Crippen LogP contribution in [0.1, 0.15) is 12.5 Å². The lowest BCUT2D eigenvalue weighted by Crippen LogP contribution is -2.28. The largest absolute Gasteiger partial charge is 0.481 e. The van der Waals surface area contributed by atoms with Crippen molar-refractivity contribution in [1.82, 2.24) is 0 Å². The van der Waals surface area contributed by atoms with E-state index in [2.05, 4.69) is 0 Å². The highest BCUT2D eigenvalue weighted by atomic mass is 35.5. The number of carboxylic acids is 1. The number of hydrogen-bond donors (Lipinski definition) is 1. The Balaban J connectivity index is 2.93. The lowest BCUT2D eigenvalue weighted by molar-refractivity contribution is -0.140. The molecule has 0 spiro atoms. The number of rotatable bonds is 4. The second-order valence-electron chi connectivity index (χ2n) is 3.89. The second kappa shape index (κ2) is 5.55. The number of carbonyl (C=O) groups is 1. The highest BCUT2D eigenvalue weighted by Crippen LogP contribution is 2.23. The van der Waals surface area contributed by atoms with Gasteiger partial charge in [-0.05, 0) is 18.2 Å². The van der Waals surface area contributed by atoms with Crippen molar-refractivity contribution in [1.29, 1.82) is 5.26 Å². The third-order valence-corrected chi connectivity index (χ3v) is 2.69. The summed E-state index contributed by atoms with van der Waals surface area (Å²) in [5, 5.41) is 18.3. The maximum absolute atomic E-state index is 10.8. The van der Waals surface area contributed by atoms with E-state index in [0.29, 0.717) is 22.8 Å². The Bertz CT molecular complexity index is 468. The van der Waals surface area contributed by atoms with E-state index in [1.807, 2.05) is 6.07 Å². The number of nitrogens with zero attached hydrogens (tertiary/aromatic N) is 2. The van der Waals surface area contributed by atoms with Gasteiger partial charge in [-0.25, -0.2) is 0 Å². The molecule has 4 nitrogen and oxygen atoms in total. The van der Waals surface area contributed by atoms with Crippen LogP contribution in [0.2, 0.25) is 5.02 Å². The van der Waals surface area contributed by atoms with Crippen LogP contribution in [0, 0.1) is 17.2 Å². The zero-order valence-electron chi connectivity index (χ0n) is 9.64. The minimum absolute atomic E-state index is 0.339. The first kappa shape index (κ1) is 13.3. The lowest BCUT2D eigenvalue weighted by Gasteiger charge is -2.22. The molecule has 0 fully saturated rings. The lowest BCUT2D eigenvalue weighted by atomic mass is 10.1. The van der Waals surface area contributed by atoms with E-state index in [1.54, 1.807) is 37.1 Å². The van der Waals surface area contributed by atoms with Crippen molar-refractivity contribution in [3.05, 3.63) is 28.8 Å². The summed E-state index contributed by atoms with van der Waals surface area (Å²) in [6.45, 7) is 1.96. The highest BCUT2D eigenvalue weighted by molar-refractivity contribution is 6.30. The van der Waals surface area contributed by atoms with Gasteiger partial charge < -0.3 is 10.0 Å². The summed E-state index contributed by atoms with van der Waals surface area (Å²) in [7, 11) is 1.75. The number of carboxylic acid groups (broad SMARTS) is 1. The maximum Gasteiger partial charge on any atom is 0.308 e. The van der Waals surface area contributed by atoms with E-state index >= 15 is 0 Å². The number of benzene rings is 1. The first-order chi connectivity index (χ1) is 7.95. The van der Waals surface area contributed by atoms with Crippen LogP contribution in [-0.2, 0) is 4.79 Å². The van der Waals surface area contributed by atoms with Crippen molar-refractivity contribution in [2.24, 2.45) is 5.92 Å². The quantitative estimate of drug-likeness (QED) is 0.894. The van der Waals surface area contributed by atoms with Gasteiger partial charge in [-0.3, -0.25) is 4.79 Å². The fraction of sp³-hybridized carbons (Fsp3) is 0.333. The number of halogens is 1. The number of nitriles is 1. The first-order valence-electron chi connectivity index (χ1n) is 5.09. The normalized spacial score (nSPS) is 11.6. The average molecular weight is 253 g/mol. The first-order valence-corrected chi connectivity index (χ1v) is 5.47. The molecule has 0 unspecified atom stereocenters. The monoisotopic (exact) mass is 252 g/mol. The molecule has 0 heterocycles. The summed E-state index contributed by atoms with van der Waals surface area (Å²) >= 11 is 5.79. The van der Waals surface area contributed by atoms with Gasteiger partial charge in [-0.1, -0.05) is 18.5 Å². The van der Waals surface area contributed by atoms with Crippen LogP contribution in [0.15, 0.2) is 18.2 Å². The Hall–Kier alpha value is -1.73.